The van der Waals surface area contributed by atoms with E-state index in [1.807, 2.05) is 20.0 Å². The molecule has 0 atom stereocenters. The second-order valence-corrected chi connectivity index (χ2v) is 2.66. The van der Waals surface area contributed by atoms with Crippen molar-refractivity contribution in [1.82, 2.24) is 15.2 Å². The van der Waals surface area contributed by atoms with Gasteiger partial charge in [0.05, 0.1) is 5.39 Å². The van der Waals surface area contributed by atoms with Gasteiger partial charge in [0.25, 0.3) is 0 Å². The fourth-order valence-corrected chi connectivity index (χ4v) is 1.31. The third kappa shape index (κ3) is 0.845. The van der Waals surface area contributed by atoms with Crippen LogP contribution in [0.5, 0.6) is 0 Å². The van der Waals surface area contributed by atoms with Gasteiger partial charge in [-0.2, -0.15) is 5.10 Å². The first-order valence-corrected chi connectivity index (χ1v) is 3.80. The van der Waals surface area contributed by atoms with Gasteiger partial charge in [-0.25, -0.2) is 4.98 Å². The van der Waals surface area contributed by atoms with Crippen LogP contribution >= 0.6 is 0 Å². The fraction of sp³-hybridized carbons (Fsp3) is 0.250. The summed E-state index contributed by atoms with van der Waals surface area (Å²) in [6.07, 6.45) is 1.74. The van der Waals surface area contributed by atoms with Crippen molar-refractivity contribution < 1.29 is 0 Å². The molecule has 0 spiro atoms. The number of hydrogen-bond donors (Lipinski definition) is 2. The smallest absolute Gasteiger partial charge is 0.183 e. The molecule has 2 N–H and O–H groups in total. The van der Waals surface area contributed by atoms with Crippen molar-refractivity contribution in [2.24, 2.45) is 0 Å². The van der Waals surface area contributed by atoms with Gasteiger partial charge in [-0.05, 0) is 13.0 Å². The SMILES string of the molecule is CNc1ccnc2n[nH]c(C)c12. The van der Waals surface area contributed by atoms with Crippen LogP contribution in [0, 0.1) is 6.92 Å². The molecule has 2 aromatic heterocycles. The number of H-pyrrole nitrogens is 1. The van der Waals surface area contributed by atoms with Gasteiger partial charge in [0, 0.05) is 24.6 Å². The van der Waals surface area contributed by atoms with E-state index in [1.165, 1.54) is 0 Å². The number of fused-ring (bicyclic) bond motifs is 1. The van der Waals surface area contributed by atoms with Crippen molar-refractivity contribution in [3.63, 3.8) is 0 Å². The normalized spacial score (nSPS) is 10.5. The van der Waals surface area contributed by atoms with E-state index in [0.29, 0.717) is 0 Å². The van der Waals surface area contributed by atoms with Gasteiger partial charge in [-0.15, -0.1) is 0 Å². The third-order valence-corrected chi connectivity index (χ3v) is 1.90. The Balaban J connectivity index is 2.84. The average Bonchev–Trinajstić information content (AvgIpc) is 2.48. The summed E-state index contributed by atoms with van der Waals surface area (Å²) in [6, 6.07) is 1.94. The zero-order valence-electron chi connectivity index (χ0n) is 7.05. The van der Waals surface area contributed by atoms with Crippen molar-refractivity contribution >= 4 is 16.7 Å². The Hall–Kier alpha value is -1.58. The molecule has 4 heteroatoms. The number of aryl methyl sites for hydroxylation is 1. The molecule has 0 aromatic carbocycles. The molecule has 0 radical (unpaired) electrons. The minimum Gasteiger partial charge on any atom is -0.387 e. The third-order valence-electron chi connectivity index (χ3n) is 1.90. The van der Waals surface area contributed by atoms with Crippen LogP contribution < -0.4 is 5.32 Å². The predicted molar refractivity (Wildman–Crippen MR) is 48.2 cm³/mol. The minimum atomic E-state index is 0.763. The Morgan fingerprint density at radius 3 is 3.08 bits per heavy atom. The molecule has 62 valence electrons. The summed E-state index contributed by atoms with van der Waals surface area (Å²) in [7, 11) is 1.89. The zero-order chi connectivity index (χ0) is 8.55. The summed E-state index contributed by atoms with van der Waals surface area (Å²) >= 11 is 0. The zero-order valence-corrected chi connectivity index (χ0v) is 7.05. The van der Waals surface area contributed by atoms with E-state index in [9.17, 15) is 0 Å². The monoisotopic (exact) mass is 162 g/mol. The molecule has 0 bridgehead atoms. The number of nitrogens with one attached hydrogen (secondary N) is 2. The molecule has 0 amide bonds. The highest BCUT2D eigenvalue weighted by Gasteiger charge is 2.05. The quantitative estimate of drug-likeness (QED) is 0.664. The van der Waals surface area contributed by atoms with Crippen LogP contribution in [-0.4, -0.2) is 22.2 Å². The summed E-state index contributed by atoms with van der Waals surface area (Å²) in [6.45, 7) is 1.98. The summed E-state index contributed by atoms with van der Waals surface area (Å²) in [4.78, 5) is 4.13. The van der Waals surface area contributed by atoms with Crippen LogP contribution in [0.15, 0.2) is 12.3 Å². The van der Waals surface area contributed by atoms with E-state index in [2.05, 4.69) is 20.5 Å². The lowest BCUT2D eigenvalue weighted by Gasteiger charge is -1.99. The van der Waals surface area contributed by atoms with Gasteiger partial charge in [-0.3, -0.25) is 5.10 Å². The summed E-state index contributed by atoms with van der Waals surface area (Å²) in [5.74, 6) is 0. The fourth-order valence-electron chi connectivity index (χ4n) is 1.31. The van der Waals surface area contributed by atoms with Gasteiger partial charge in [0.15, 0.2) is 5.65 Å². The lowest BCUT2D eigenvalue weighted by molar-refractivity contribution is 1.05. The maximum Gasteiger partial charge on any atom is 0.183 e. The van der Waals surface area contributed by atoms with Crippen LogP contribution in [0.2, 0.25) is 0 Å². The second kappa shape index (κ2) is 2.48. The number of rotatable bonds is 1. The minimum absolute atomic E-state index is 0.763. The van der Waals surface area contributed by atoms with Crippen molar-refractivity contribution in [2.75, 3.05) is 12.4 Å². The molecule has 0 saturated carbocycles. The second-order valence-electron chi connectivity index (χ2n) is 2.66. The van der Waals surface area contributed by atoms with Gasteiger partial charge in [-0.1, -0.05) is 0 Å². The van der Waals surface area contributed by atoms with E-state index in [4.69, 9.17) is 0 Å². The molecule has 2 aromatic rings. The molecule has 0 unspecified atom stereocenters. The number of hydrogen-bond acceptors (Lipinski definition) is 3. The van der Waals surface area contributed by atoms with E-state index >= 15 is 0 Å². The summed E-state index contributed by atoms with van der Waals surface area (Å²) < 4.78 is 0. The maximum absolute atomic E-state index is 4.13. The van der Waals surface area contributed by atoms with Crippen molar-refractivity contribution in [2.45, 2.75) is 6.92 Å². The van der Waals surface area contributed by atoms with E-state index in [1.54, 1.807) is 6.20 Å². The molecule has 0 aliphatic heterocycles. The van der Waals surface area contributed by atoms with Crippen molar-refractivity contribution in [3.05, 3.63) is 18.0 Å². The van der Waals surface area contributed by atoms with Crippen LogP contribution in [0.25, 0.3) is 11.0 Å². The molecule has 0 saturated heterocycles. The molecular formula is C8H10N4. The first-order chi connectivity index (χ1) is 5.83. The first kappa shape index (κ1) is 7.09. The Morgan fingerprint density at radius 2 is 2.33 bits per heavy atom. The molecule has 0 aliphatic carbocycles. The van der Waals surface area contributed by atoms with Crippen LogP contribution in [0.3, 0.4) is 0 Å². The highest BCUT2D eigenvalue weighted by atomic mass is 15.1. The van der Waals surface area contributed by atoms with E-state index < -0.39 is 0 Å². The molecular weight excluding hydrogens is 152 g/mol. The number of anilines is 1. The van der Waals surface area contributed by atoms with Crippen molar-refractivity contribution in [3.8, 4) is 0 Å². The van der Waals surface area contributed by atoms with Crippen molar-refractivity contribution in [1.29, 1.82) is 0 Å². The predicted octanol–water partition coefficient (Wildman–Crippen LogP) is 1.31. The standard InChI is InChI=1S/C8H10N4/c1-5-7-6(9-2)3-4-10-8(7)12-11-5/h3-4H,1-2H3,(H2,9,10,11,12). The summed E-state index contributed by atoms with van der Waals surface area (Å²) in [5, 5.41) is 11.1. The Labute approximate surface area is 70.0 Å². The van der Waals surface area contributed by atoms with Gasteiger partial charge < -0.3 is 5.32 Å². The summed E-state index contributed by atoms with van der Waals surface area (Å²) in [5.41, 5.74) is 2.87. The number of aromatic nitrogens is 3. The Morgan fingerprint density at radius 1 is 1.50 bits per heavy atom. The van der Waals surface area contributed by atoms with Gasteiger partial charge in [0.1, 0.15) is 0 Å². The Kier molecular flexibility index (Phi) is 1.46. The van der Waals surface area contributed by atoms with E-state index in [-0.39, 0.29) is 0 Å². The van der Waals surface area contributed by atoms with Crippen LogP contribution in [-0.2, 0) is 0 Å². The lowest BCUT2D eigenvalue weighted by atomic mass is 10.2. The maximum atomic E-state index is 4.13. The number of nitrogens with zero attached hydrogens (tertiary/aromatic N) is 2. The first-order valence-electron chi connectivity index (χ1n) is 3.80. The highest BCUT2D eigenvalue weighted by molar-refractivity contribution is 5.90. The Bertz CT molecular complexity index is 404. The lowest BCUT2D eigenvalue weighted by Crippen LogP contribution is -1.89. The highest BCUT2D eigenvalue weighted by Crippen LogP contribution is 2.21. The molecule has 0 aliphatic rings. The van der Waals surface area contributed by atoms with E-state index in [0.717, 1.165) is 22.4 Å². The molecule has 2 rings (SSSR count). The molecule has 2 heterocycles. The van der Waals surface area contributed by atoms with Gasteiger partial charge >= 0.3 is 0 Å². The average molecular weight is 162 g/mol. The van der Waals surface area contributed by atoms with Crippen LogP contribution in [0.1, 0.15) is 5.69 Å². The van der Waals surface area contributed by atoms with Crippen LogP contribution in [0.4, 0.5) is 5.69 Å². The number of pyridine rings is 1. The number of aromatic amines is 1. The topological polar surface area (TPSA) is 53.6 Å². The molecule has 0 fully saturated rings. The van der Waals surface area contributed by atoms with Gasteiger partial charge in [0.2, 0.25) is 0 Å². The molecule has 12 heavy (non-hydrogen) atoms. The largest absolute Gasteiger partial charge is 0.387 e. The molecule has 4 nitrogen and oxygen atoms in total.